The molecule has 0 bridgehead atoms. The van der Waals surface area contributed by atoms with Crippen LogP contribution in [0.4, 0.5) is 0 Å². The molecule has 1 aromatic rings. The van der Waals surface area contributed by atoms with Gasteiger partial charge in [-0.25, -0.2) is 0 Å². The summed E-state index contributed by atoms with van der Waals surface area (Å²) in [6.45, 7) is 3.54. The summed E-state index contributed by atoms with van der Waals surface area (Å²) >= 11 is 3.52. The first-order valence-electron chi connectivity index (χ1n) is 7.42. The van der Waals surface area contributed by atoms with Crippen molar-refractivity contribution in [1.82, 2.24) is 0 Å². The second-order valence-electron chi connectivity index (χ2n) is 5.75. The van der Waals surface area contributed by atoms with E-state index >= 15 is 0 Å². The van der Waals surface area contributed by atoms with Crippen molar-refractivity contribution in [2.75, 3.05) is 13.2 Å². The van der Waals surface area contributed by atoms with Gasteiger partial charge < -0.3 is 14.6 Å². The van der Waals surface area contributed by atoms with Gasteiger partial charge in [0.05, 0.1) is 18.8 Å². The van der Waals surface area contributed by atoms with Gasteiger partial charge in [-0.1, -0.05) is 15.9 Å². The molecule has 20 heavy (non-hydrogen) atoms. The van der Waals surface area contributed by atoms with Gasteiger partial charge in [0.25, 0.3) is 0 Å². The van der Waals surface area contributed by atoms with Crippen LogP contribution in [0.5, 0.6) is 5.75 Å². The minimum Gasteiger partial charge on any atom is -0.493 e. The van der Waals surface area contributed by atoms with Crippen molar-refractivity contribution in [2.45, 2.75) is 44.8 Å². The maximum atomic E-state index is 10.5. The number of hydrogen-bond acceptors (Lipinski definition) is 3. The van der Waals surface area contributed by atoms with E-state index in [0.29, 0.717) is 12.0 Å². The average molecular weight is 341 g/mol. The average Bonchev–Trinajstić information content (AvgIpc) is 2.83. The van der Waals surface area contributed by atoms with Crippen LogP contribution in [0.25, 0.3) is 0 Å². The molecule has 0 amide bonds. The zero-order chi connectivity index (χ0) is 14.1. The van der Waals surface area contributed by atoms with Crippen LogP contribution in [-0.4, -0.2) is 24.4 Å². The highest BCUT2D eigenvalue weighted by Crippen LogP contribution is 2.42. The molecule has 110 valence electrons. The van der Waals surface area contributed by atoms with Crippen LogP contribution in [0.3, 0.4) is 0 Å². The Balaban J connectivity index is 1.65. The largest absolute Gasteiger partial charge is 0.493 e. The van der Waals surface area contributed by atoms with Crippen LogP contribution in [0.1, 0.15) is 43.4 Å². The lowest BCUT2D eigenvalue weighted by atomic mass is 9.77. The maximum Gasteiger partial charge on any atom is 0.128 e. The minimum absolute atomic E-state index is 0.404. The lowest BCUT2D eigenvalue weighted by molar-refractivity contribution is -0.0381. The molecule has 1 saturated carbocycles. The molecule has 1 N–H and O–H groups in total. The zero-order valence-corrected chi connectivity index (χ0v) is 13.4. The highest BCUT2D eigenvalue weighted by molar-refractivity contribution is 9.10. The molecule has 0 radical (unpaired) electrons. The quantitative estimate of drug-likeness (QED) is 0.889. The Kier molecular flexibility index (Phi) is 4.34. The van der Waals surface area contributed by atoms with Gasteiger partial charge in [-0.05, 0) is 49.8 Å². The summed E-state index contributed by atoms with van der Waals surface area (Å²) in [6, 6.07) is 4.08. The number of halogens is 1. The van der Waals surface area contributed by atoms with E-state index in [1.807, 2.05) is 13.0 Å². The van der Waals surface area contributed by atoms with Crippen LogP contribution in [0.15, 0.2) is 16.6 Å². The number of hydrogen-bond donors (Lipinski definition) is 1. The molecule has 2 aliphatic rings. The van der Waals surface area contributed by atoms with Crippen molar-refractivity contribution >= 4 is 15.9 Å². The summed E-state index contributed by atoms with van der Waals surface area (Å²) in [5.41, 5.74) is 2.14. The van der Waals surface area contributed by atoms with Crippen molar-refractivity contribution in [1.29, 1.82) is 0 Å². The van der Waals surface area contributed by atoms with E-state index in [0.717, 1.165) is 54.7 Å². The van der Waals surface area contributed by atoms with Crippen molar-refractivity contribution in [3.8, 4) is 5.75 Å². The van der Waals surface area contributed by atoms with E-state index in [2.05, 4.69) is 22.0 Å². The predicted molar refractivity (Wildman–Crippen MR) is 81.1 cm³/mol. The molecule has 0 aromatic heterocycles. The molecular formula is C16H21BrO3. The Morgan fingerprint density at radius 2 is 2.25 bits per heavy atom. The van der Waals surface area contributed by atoms with Gasteiger partial charge in [0.15, 0.2) is 0 Å². The number of aliphatic hydroxyl groups excluding tert-OH is 1. The lowest BCUT2D eigenvalue weighted by Crippen LogP contribution is -2.32. The SMILES string of the molecule is CCOC1CC(CC(O)c2cc(Br)cc3c2OCC3)C1. The lowest BCUT2D eigenvalue weighted by Gasteiger charge is -2.36. The zero-order valence-electron chi connectivity index (χ0n) is 11.8. The third kappa shape index (κ3) is 2.87. The van der Waals surface area contributed by atoms with E-state index in [4.69, 9.17) is 9.47 Å². The Bertz CT molecular complexity index is 483. The molecule has 1 unspecified atom stereocenters. The standard InChI is InChI=1S/C16H21BrO3/c1-2-19-13-5-10(6-13)7-15(18)14-9-12(17)8-11-3-4-20-16(11)14/h8-10,13,15,18H,2-7H2,1H3. The van der Waals surface area contributed by atoms with Gasteiger partial charge in [-0.15, -0.1) is 0 Å². The topological polar surface area (TPSA) is 38.7 Å². The normalized spacial score (nSPS) is 25.8. The summed E-state index contributed by atoms with van der Waals surface area (Å²) in [5, 5.41) is 10.5. The highest BCUT2D eigenvalue weighted by atomic mass is 79.9. The van der Waals surface area contributed by atoms with E-state index < -0.39 is 6.10 Å². The van der Waals surface area contributed by atoms with Crippen molar-refractivity contribution in [3.05, 3.63) is 27.7 Å². The smallest absolute Gasteiger partial charge is 0.128 e. The molecule has 1 aromatic carbocycles. The molecule has 1 aliphatic carbocycles. The van der Waals surface area contributed by atoms with Crippen molar-refractivity contribution < 1.29 is 14.6 Å². The van der Waals surface area contributed by atoms with E-state index in [9.17, 15) is 5.11 Å². The Labute approximate surface area is 128 Å². The van der Waals surface area contributed by atoms with Gasteiger partial charge in [0.2, 0.25) is 0 Å². The third-order valence-electron chi connectivity index (χ3n) is 4.29. The first kappa shape index (κ1) is 14.4. The second kappa shape index (κ2) is 6.04. The summed E-state index contributed by atoms with van der Waals surface area (Å²) in [5.74, 6) is 1.47. The number of ether oxygens (including phenoxy) is 2. The van der Waals surface area contributed by atoms with Gasteiger partial charge in [0.1, 0.15) is 5.75 Å². The summed E-state index contributed by atoms with van der Waals surface area (Å²) in [6.07, 6.45) is 3.85. The molecule has 3 nitrogen and oxygen atoms in total. The van der Waals surface area contributed by atoms with Crippen LogP contribution >= 0.6 is 15.9 Å². The molecular weight excluding hydrogens is 320 g/mol. The van der Waals surface area contributed by atoms with Crippen LogP contribution in [-0.2, 0) is 11.2 Å². The summed E-state index contributed by atoms with van der Waals surface area (Å²) in [7, 11) is 0. The van der Waals surface area contributed by atoms with Crippen LogP contribution < -0.4 is 4.74 Å². The van der Waals surface area contributed by atoms with E-state index in [1.54, 1.807) is 0 Å². The second-order valence-corrected chi connectivity index (χ2v) is 6.66. The Morgan fingerprint density at radius 3 is 3.00 bits per heavy atom. The van der Waals surface area contributed by atoms with E-state index in [-0.39, 0.29) is 0 Å². The Morgan fingerprint density at radius 1 is 1.45 bits per heavy atom. The monoisotopic (exact) mass is 340 g/mol. The molecule has 1 atom stereocenters. The molecule has 1 aliphatic heterocycles. The fraction of sp³-hybridized carbons (Fsp3) is 0.625. The van der Waals surface area contributed by atoms with Gasteiger partial charge >= 0.3 is 0 Å². The van der Waals surface area contributed by atoms with Gasteiger partial charge in [0, 0.05) is 23.1 Å². The fourth-order valence-corrected chi connectivity index (χ4v) is 3.75. The van der Waals surface area contributed by atoms with Crippen molar-refractivity contribution in [2.24, 2.45) is 5.92 Å². The van der Waals surface area contributed by atoms with Crippen LogP contribution in [0.2, 0.25) is 0 Å². The molecule has 1 fully saturated rings. The molecule has 0 spiro atoms. The Hall–Kier alpha value is -0.580. The number of fused-ring (bicyclic) bond motifs is 1. The predicted octanol–water partition coefficient (Wildman–Crippen LogP) is 3.62. The van der Waals surface area contributed by atoms with Crippen LogP contribution in [0, 0.1) is 5.92 Å². The minimum atomic E-state index is -0.438. The third-order valence-corrected chi connectivity index (χ3v) is 4.75. The van der Waals surface area contributed by atoms with Gasteiger partial charge in [-0.2, -0.15) is 0 Å². The summed E-state index contributed by atoms with van der Waals surface area (Å²) < 4.78 is 12.3. The first-order chi connectivity index (χ1) is 9.67. The summed E-state index contributed by atoms with van der Waals surface area (Å²) in [4.78, 5) is 0. The molecule has 1 heterocycles. The number of rotatable bonds is 5. The molecule has 0 saturated heterocycles. The van der Waals surface area contributed by atoms with Gasteiger partial charge in [-0.3, -0.25) is 0 Å². The maximum absolute atomic E-state index is 10.5. The number of aliphatic hydroxyl groups is 1. The highest BCUT2D eigenvalue weighted by Gasteiger charge is 2.32. The van der Waals surface area contributed by atoms with Crippen molar-refractivity contribution in [3.63, 3.8) is 0 Å². The molecule has 4 heteroatoms. The first-order valence-corrected chi connectivity index (χ1v) is 8.21. The van der Waals surface area contributed by atoms with E-state index in [1.165, 1.54) is 5.56 Å². The number of benzene rings is 1. The molecule has 3 rings (SSSR count). The fourth-order valence-electron chi connectivity index (χ4n) is 3.23.